The molecule has 1 aliphatic heterocycles. The summed E-state index contributed by atoms with van der Waals surface area (Å²) in [7, 11) is 0. The molecule has 0 radical (unpaired) electrons. The van der Waals surface area contributed by atoms with Crippen molar-refractivity contribution in [2.75, 3.05) is 26.2 Å². The molecule has 26 heavy (non-hydrogen) atoms. The third kappa shape index (κ3) is 4.05. The summed E-state index contributed by atoms with van der Waals surface area (Å²) in [6.45, 7) is 3.06. The van der Waals surface area contributed by atoms with Gasteiger partial charge in [-0.2, -0.15) is 0 Å². The highest BCUT2D eigenvalue weighted by molar-refractivity contribution is 5.92. The Labute approximate surface area is 151 Å². The molecule has 0 saturated carbocycles. The van der Waals surface area contributed by atoms with Crippen LogP contribution in [0.4, 0.5) is 0 Å². The highest BCUT2D eigenvalue weighted by atomic mass is 16.3. The first-order valence-electron chi connectivity index (χ1n) is 8.62. The summed E-state index contributed by atoms with van der Waals surface area (Å²) in [4.78, 5) is 30.6. The van der Waals surface area contributed by atoms with Crippen LogP contribution in [0, 0.1) is 6.92 Å². The standard InChI is InChI=1S/C17H22N6O3/c1-12-4-2-6-14(19-12)17(26)22-8-3-5-13(10-22)23-11-15(20-21-23)16(25)18-7-9-24/h2,4,6,11,13,24H,3,5,7-10H2,1H3,(H,18,25). The topological polar surface area (TPSA) is 113 Å². The average Bonchev–Trinajstić information content (AvgIpc) is 3.16. The van der Waals surface area contributed by atoms with Gasteiger partial charge in [0.25, 0.3) is 11.8 Å². The van der Waals surface area contributed by atoms with E-state index in [-0.39, 0.29) is 36.7 Å². The number of aryl methyl sites for hydroxylation is 1. The average molecular weight is 358 g/mol. The fourth-order valence-corrected chi connectivity index (χ4v) is 3.00. The molecule has 2 aromatic heterocycles. The quantitative estimate of drug-likeness (QED) is 0.788. The van der Waals surface area contributed by atoms with Gasteiger partial charge in [0.1, 0.15) is 5.69 Å². The number of carbonyl (C=O) groups excluding carboxylic acids is 2. The van der Waals surface area contributed by atoms with Crippen molar-refractivity contribution in [2.24, 2.45) is 0 Å². The van der Waals surface area contributed by atoms with Crippen LogP contribution in [0.2, 0.25) is 0 Å². The van der Waals surface area contributed by atoms with Gasteiger partial charge in [-0.1, -0.05) is 11.3 Å². The zero-order valence-corrected chi connectivity index (χ0v) is 14.6. The van der Waals surface area contributed by atoms with Gasteiger partial charge in [-0.3, -0.25) is 9.59 Å². The maximum absolute atomic E-state index is 12.7. The highest BCUT2D eigenvalue weighted by Gasteiger charge is 2.27. The molecular formula is C17H22N6O3. The number of aromatic nitrogens is 4. The fraction of sp³-hybridized carbons (Fsp3) is 0.471. The van der Waals surface area contributed by atoms with E-state index in [4.69, 9.17) is 5.11 Å². The van der Waals surface area contributed by atoms with Crippen LogP contribution in [0.5, 0.6) is 0 Å². The number of rotatable bonds is 5. The van der Waals surface area contributed by atoms with Gasteiger partial charge in [0, 0.05) is 25.3 Å². The SMILES string of the molecule is Cc1cccc(C(=O)N2CCCC(n3cc(C(=O)NCCO)nn3)C2)n1. The van der Waals surface area contributed by atoms with Gasteiger partial charge in [-0.05, 0) is 31.9 Å². The highest BCUT2D eigenvalue weighted by Crippen LogP contribution is 2.22. The molecule has 9 heteroatoms. The number of carbonyl (C=O) groups is 2. The van der Waals surface area contributed by atoms with Gasteiger partial charge < -0.3 is 15.3 Å². The number of nitrogens with one attached hydrogen (secondary N) is 1. The number of hydrogen-bond acceptors (Lipinski definition) is 6. The van der Waals surface area contributed by atoms with Crippen LogP contribution in [0.15, 0.2) is 24.4 Å². The minimum atomic E-state index is -0.377. The normalized spacial score (nSPS) is 17.2. The molecule has 0 spiro atoms. The van der Waals surface area contributed by atoms with E-state index >= 15 is 0 Å². The monoisotopic (exact) mass is 358 g/mol. The first-order chi connectivity index (χ1) is 12.6. The Bertz CT molecular complexity index is 790. The summed E-state index contributed by atoms with van der Waals surface area (Å²) in [5.41, 5.74) is 1.44. The smallest absolute Gasteiger partial charge is 0.273 e. The molecule has 0 aromatic carbocycles. The van der Waals surface area contributed by atoms with E-state index in [0.717, 1.165) is 18.5 Å². The van der Waals surface area contributed by atoms with Crippen molar-refractivity contribution in [2.45, 2.75) is 25.8 Å². The summed E-state index contributed by atoms with van der Waals surface area (Å²) < 4.78 is 1.64. The number of nitrogens with zero attached hydrogens (tertiary/aromatic N) is 5. The van der Waals surface area contributed by atoms with Gasteiger partial charge in [0.2, 0.25) is 0 Å². The lowest BCUT2D eigenvalue weighted by molar-refractivity contribution is 0.0665. The van der Waals surface area contributed by atoms with Gasteiger partial charge in [-0.15, -0.1) is 5.10 Å². The summed E-state index contributed by atoms with van der Waals surface area (Å²) in [5.74, 6) is -0.475. The van der Waals surface area contributed by atoms with Crippen molar-refractivity contribution < 1.29 is 14.7 Å². The van der Waals surface area contributed by atoms with Crippen LogP contribution in [0.1, 0.15) is 45.6 Å². The summed E-state index contributed by atoms with van der Waals surface area (Å²) in [6, 6.07) is 5.36. The Balaban J connectivity index is 1.68. The number of aliphatic hydroxyl groups excluding tert-OH is 1. The summed E-state index contributed by atoms with van der Waals surface area (Å²) >= 11 is 0. The van der Waals surface area contributed by atoms with Crippen molar-refractivity contribution >= 4 is 11.8 Å². The zero-order valence-electron chi connectivity index (χ0n) is 14.6. The van der Waals surface area contributed by atoms with Crippen molar-refractivity contribution in [1.82, 2.24) is 30.2 Å². The van der Waals surface area contributed by atoms with Crippen LogP contribution in [0.3, 0.4) is 0 Å². The lowest BCUT2D eigenvalue weighted by atomic mass is 10.1. The number of pyridine rings is 1. The molecule has 1 saturated heterocycles. The number of aliphatic hydroxyl groups is 1. The van der Waals surface area contributed by atoms with Crippen molar-refractivity contribution in [1.29, 1.82) is 0 Å². The Kier molecular flexibility index (Phi) is 5.57. The minimum Gasteiger partial charge on any atom is -0.395 e. The van der Waals surface area contributed by atoms with E-state index in [1.165, 1.54) is 0 Å². The van der Waals surface area contributed by atoms with Crippen molar-refractivity contribution in [3.8, 4) is 0 Å². The van der Waals surface area contributed by atoms with E-state index in [1.54, 1.807) is 21.8 Å². The molecule has 1 atom stereocenters. The number of hydrogen-bond donors (Lipinski definition) is 2. The molecule has 9 nitrogen and oxygen atoms in total. The van der Waals surface area contributed by atoms with E-state index in [0.29, 0.717) is 18.8 Å². The van der Waals surface area contributed by atoms with Crippen molar-refractivity contribution in [3.05, 3.63) is 41.5 Å². The number of likely N-dealkylation sites (tertiary alicyclic amines) is 1. The molecule has 3 rings (SSSR count). The lowest BCUT2D eigenvalue weighted by Crippen LogP contribution is -2.41. The minimum absolute atomic E-state index is 0.0376. The van der Waals surface area contributed by atoms with Crippen LogP contribution in [-0.4, -0.2) is 68.0 Å². The molecule has 2 N–H and O–H groups in total. The third-order valence-electron chi connectivity index (χ3n) is 4.31. The first kappa shape index (κ1) is 18.0. The van der Waals surface area contributed by atoms with Gasteiger partial charge in [-0.25, -0.2) is 9.67 Å². The maximum atomic E-state index is 12.7. The van der Waals surface area contributed by atoms with Gasteiger partial charge in [0.05, 0.1) is 18.8 Å². The van der Waals surface area contributed by atoms with Crippen LogP contribution in [-0.2, 0) is 0 Å². The Hall–Kier alpha value is -2.81. The van der Waals surface area contributed by atoms with Crippen LogP contribution >= 0.6 is 0 Å². The van der Waals surface area contributed by atoms with E-state index in [2.05, 4.69) is 20.6 Å². The molecule has 1 aliphatic rings. The zero-order chi connectivity index (χ0) is 18.5. The molecule has 3 heterocycles. The second-order valence-electron chi connectivity index (χ2n) is 6.27. The number of piperidine rings is 1. The Morgan fingerprint density at radius 1 is 1.35 bits per heavy atom. The molecule has 2 aromatic rings. The molecule has 138 valence electrons. The molecule has 0 aliphatic carbocycles. The predicted octanol–water partition coefficient (Wildman–Crippen LogP) is 0.181. The summed E-state index contributed by atoms with van der Waals surface area (Å²) in [5, 5.41) is 19.2. The number of amides is 2. The lowest BCUT2D eigenvalue weighted by Gasteiger charge is -2.32. The maximum Gasteiger partial charge on any atom is 0.273 e. The molecule has 1 unspecified atom stereocenters. The predicted molar refractivity (Wildman–Crippen MR) is 92.6 cm³/mol. The molecule has 1 fully saturated rings. The van der Waals surface area contributed by atoms with E-state index < -0.39 is 0 Å². The van der Waals surface area contributed by atoms with Gasteiger partial charge >= 0.3 is 0 Å². The van der Waals surface area contributed by atoms with Gasteiger partial charge in [0.15, 0.2) is 5.69 Å². The molecule has 0 bridgehead atoms. The Morgan fingerprint density at radius 3 is 2.96 bits per heavy atom. The third-order valence-corrected chi connectivity index (χ3v) is 4.31. The summed E-state index contributed by atoms with van der Waals surface area (Å²) in [6.07, 6.45) is 3.27. The van der Waals surface area contributed by atoms with E-state index in [1.807, 2.05) is 19.1 Å². The van der Waals surface area contributed by atoms with Crippen LogP contribution in [0.25, 0.3) is 0 Å². The van der Waals surface area contributed by atoms with Crippen molar-refractivity contribution in [3.63, 3.8) is 0 Å². The largest absolute Gasteiger partial charge is 0.395 e. The fourth-order valence-electron chi connectivity index (χ4n) is 3.00. The first-order valence-corrected chi connectivity index (χ1v) is 8.62. The Morgan fingerprint density at radius 2 is 2.19 bits per heavy atom. The van der Waals surface area contributed by atoms with Crippen LogP contribution < -0.4 is 5.32 Å². The molecule has 2 amide bonds. The van der Waals surface area contributed by atoms with E-state index in [9.17, 15) is 9.59 Å². The second kappa shape index (κ2) is 8.05. The molecular weight excluding hydrogens is 336 g/mol. The second-order valence-corrected chi connectivity index (χ2v) is 6.27.